The second kappa shape index (κ2) is 17.1. The first-order valence-corrected chi connectivity index (χ1v) is 31.2. The first-order valence-electron chi connectivity index (χ1n) is 31.2. The molecule has 1 heteroatoms. The fourth-order valence-corrected chi connectivity index (χ4v) is 18.9. The Hall–Kier alpha value is -8.00. The first kappa shape index (κ1) is 49.6. The van der Waals surface area contributed by atoms with E-state index in [1.807, 2.05) is 0 Å². The molecule has 18 rings (SSSR count). The molecule has 0 aromatic heterocycles. The average molecular weight is 1070 g/mol. The van der Waals surface area contributed by atoms with Gasteiger partial charge in [0.1, 0.15) is 0 Å². The third-order valence-corrected chi connectivity index (χ3v) is 22.2. The Bertz CT molecular complexity index is 4300. The van der Waals surface area contributed by atoms with Crippen molar-refractivity contribution < 1.29 is 0 Å². The molecule has 8 aliphatic carbocycles. The lowest BCUT2D eigenvalue weighted by atomic mass is 9.43. The summed E-state index contributed by atoms with van der Waals surface area (Å²) in [6.07, 6.45) is 6.87. The number of hydrogen-bond donors (Lipinski definition) is 0. The molecule has 0 N–H and O–H groups in total. The van der Waals surface area contributed by atoms with Gasteiger partial charge in [0.15, 0.2) is 0 Å². The summed E-state index contributed by atoms with van der Waals surface area (Å²) in [5.41, 5.74) is 33.4. The Morgan fingerprint density at radius 2 is 0.819 bits per heavy atom. The lowest BCUT2D eigenvalue weighted by Gasteiger charge is -2.61. The number of benzene rings is 10. The fourth-order valence-electron chi connectivity index (χ4n) is 18.9. The molecule has 0 atom stereocenters. The Labute approximate surface area is 492 Å². The Morgan fingerprint density at radius 3 is 1.45 bits per heavy atom. The summed E-state index contributed by atoms with van der Waals surface area (Å²) in [6.45, 7) is 19.0. The van der Waals surface area contributed by atoms with Gasteiger partial charge in [-0.2, -0.15) is 0 Å². The molecule has 0 amide bonds. The minimum Gasteiger partial charge on any atom is -0.310 e. The van der Waals surface area contributed by atoms with Crippen LogP contribution >= 0.6 is 0 Å². The molecule has 0 unspecified atom stereocenters. The van der Waals surface area contributed by atoms with Crippen molar-refractivity contribution in [2.24, 2.45) is 23.7 Å². The highest BCUT2D eigenvalue weighted by Gasteiger charge is 2.62. The van der Waals surface area contributed by atoms with Crippen molar-refractivity contribution in [3.8, 4) is 66.8 Å². The number of rotatable bonds is 5. The molecule has 8 aliphatic rings. The summed E-state index contributed by atoms with van der Waals surface area (Å²) in [4.78, 5) is 2.67. The maximum atomic E-state index is 2.70. The summed E-state index contributed by atoms with van der Waals surface area (Å²) >= 11 is 0. The fraction of sp³-hybridized carbons (Fsp3) is 0.268. The number of hydrogen-bond acceptors (Lipinski definition) is 1. The van der Waals surface area contributed by atoms with Gasteiger partial charge < -0.3 is 4.90 Å². The van der Waals surface area contributed by atoms with Crippen molar-refractivity contribution >= 4 is 17.1 Å². The van der Waals surface area contributed by atoms with Gasteiger partial charge >= 0.3 is 0 Å². The van der Waals surface area contributed by atoms with Gasteiger partial charge in [-0.15, -0.1) is 0 Å². The zero-order chi connectivity index (χ0) is 56.1. The van der Waals surface area contributed by atoms with Crippen molar-refractivity contribution in [1.82, 2.24) is 0 Å². The van der Waals surface area contributed by atoms with E-state index in [2.05, 4.69) is 273 Å². The zero-order valence-electron chi connectivity index (χ0n) is 49.5. The molecule has 406 valence electrons. The van der Waals surface area contributed by atoms with E-state index >= 15 is 0 Å². The summed E-state index contributed by atoms with van der Waals surface area (Å²) < 4.78 is 0. The maximum Gasteiger partial charge on any atom is 0.0726 e. The van der Waals surface area contributed by atoms with Gasteiger partial charge in [0.05, 0.1) is 11.1 Å². The molecule has 0 saturated heterocycles. The van der Waals surface area contributed by atoms with E-state index in [-0.39, 0.29) is 21.7 Å². The van der Waals surface area contributed by atoms with Crippen LogP contribution in [0.1, 0.15) is 143 Å². The van der Waals surface area contributed by atoms with Gasteiger partial charge in [-0.25, -0.2) is 0 Å². The number of anilines is 3. The largest absolute Gasteiger partial charge is 0.310 e. The third kappa shape index (κ3) is 6.60. The Morgan fingerprint density at radius 1 is 0.349 bits per heavy atom. The molecule has 2 spiro atoms. The van der Waals surface area contributed by atoms with Crippen LogP contribution in [0.3, 0.4) is 0 Å². The maximum absolute atomic E-state index is 2.70. The van der Waals surface area contributed by atoms with Gasteiger partial charge in [-0.05, 0) is 214 Å². The topological polar surface area (TPSA) is 3.24 Å². The van der Waals surface area contributed by atoms with Gasteiger partial charge in [0.25, 0.3) is 0 Å². The van der Waals surface area contributed by atoms with Crippen LogP contribution < -0.4 is 4.90 Å². The predicted octanol–water partition coefficient (Wildman–Crippen LogP) is 21.5. The van der Waals surface area contributed by atoms with Gasteiger partial charge in [-0.3, -0.25) is 0 Å². The molecular formula is C82H73N. The molecule has 10 aromatic rings. The van der Waals surface area contributed by atoms with E-state index in [0.717, 1.165) is 11.8 Å². The van der Waals surface area contributed by atoms with Gasteiger partial charge in [-0.1, -0.05) is 237 Å². The highest BCUT2D eigenvalue weighted by atomic mass is 15.1. The van der Waals surface area contributed by atoms with E-state index in [4.69, 9.17) is 0 Å². The minimum atomic E-state index is -0.504. The monoisotopic (exact) mass is 1070 g/mol. The van der Waals surface area contributed by atoms with Crippen LogP contribution in [0.15, 0.2) is 212 Å². The van der Waals surface area contributed by atoms with E-state index in [9.17, 15) is 0 Å². The molecule has 1 nitrogen and oxygen atoms in total. The molecule has 0 radical (unpaired) electrons. The Balaban J connectivity index is 0.888. The van der Waals surface area contributed by atoms with E-state index in [1.54, 1.807) is 11.1 Å². The standard InChI is InChI=1S/C82H73N/c1-78(2,3)52-33-39-71-66(46-52)67-47-53(79(4,5)6)34-40-72(67)82(71)70-28-16-13-23-65(70)76-73(82)29-18-30-75(76)83(57-37-38-62-60-21-12-15-27-69(60)81(74(62)48-57)54-42-49-41-50(44-54)45-55(81)43-49)56-35-31-51(32-36-56)58-19-9-10-20-59(58)63-24-17-25-64-61-22-11-14-26-68(61)80(7,8)77(63)64/h9-40,46-50,54-55H,41-45H2,1-8H3. The summed E-state index contributed by atoms with van der Waals surface area (Å²) in [7, 11) is 0. The lowest BCUT2D eigenvalue weighted by molar-refractivity contribution is -0.0399. The van der Waals surface area contributed by atoms with Crippen molar-refractivity contribution in [1.29, 1.82) is 0 Å². The van der Waals surface area contributed by atoms with Crippen LogP contribution in [0.25, 0.3) is 66.8 Å². The van der Waals surface area contributed by atoms with Gasteiger partial charge in [0, 0.05) is 27.8 Å². The normalized spacial score (nSPS) is 21.7. The number of fused-ring (bicyclic) bond motifs is 16. The zero-order valence-corrected chi connectivity index (χ0v) is 49.5. The van der Waals surface area contributed by atoms with Crippen LogP contribution in [0.5, 0.6) is 0 Å². The predicted molar refractivity (Wildman–Crippen MR) is 347 cm³/mol. The quantitative estimate of drug-likeness (QED) is 0.166. The van der Waals surface area contributed by atoms with Crippen LogP contribution in [0, 0.1) is 23.7 Å². The minimum absolute atomic E-state index is 0.000919. The van der Waals surface area contributed by atoms with Crippen molar-refractivity contribution in [2.45, 2.75) is 115 Å². The molecule has 4 bridgehead atoms. The Kier molecular flexibility index (Phi) is 10.2. The van der Waals surface area contributed by atoms with Crippen molar-refractivity contribution in [3.63, 3.8) is 0 Å². The van der Waals surface area contributed by atoms with E-state index < -0.39 is 5.41 Å². The number of nitrogens with zero attached hydrogens (tertiary/aromatic N) is 1. The van der Waals surface area contributed by atoms with Crippen molar-refractivity contribution in [3.05, 3.63) is 268 Å². The summed E-state index contributed by atoms with van der Waals surface area (Å²) in [5.74, 6) is 3.09. The average Bonchev–Trinajstić information content (AvgIpc) is 1.74. The highest BCUT2D eigenvalue weighted by molar-refractivity contribution is 6.02. The second-order valence-corrected chi connectivity index (χ2v) is 28.8. The van der Waals surface area contributed by atoms with Crippen LogP contribution in [0.2, 0.25) is 0 Å². The second-order valence-electron chi connectivity index (χ2n) is 28.8. The first-order chi connectivity index (χ1) is 40.1. The van der Waals surface area contributed by atoms with Crippen molar-refractivity contribution in [2.75, 3.05) is 4.90 Å². The van der Waals surface area contributed by atoms with Crippen LogP contribution in [-0.2, 0) is 27.1 Å². The lowest BCUT2D eigenvalue weighted by Crippen LogP contribution is -2.55. The SMILES string of the molecule is CC(C)(C)c1ccc2c(c1)-c1cc(C(C)(C)C)ccc1C21c2ccccc2-c2c(N(c3ccc(-c4ccccc4-c4cccc5c4C(C)(C)c4ccccc4-5)cc3)c3ccc4c(c3)C3(c5ccccc5-4)C4CC5CC(C4)CC3C5)cccc21. The molecule has 10 aromatic carbocycles. The van der Waals surface area contributed by atoms with Crippen LogP contribution in [-0.4, -0.2) is 0 Å². The molecule has 83 heavy (non-hydrogen) atoms. The van der Waals surface area contributed by atoms with E-state index in [0.29, 0.717) is 11.8 Å². The van der Waals surface area contributed by atoms with Gasteiger partial charge in [0.2, 0.25) is 0 Å². The summed E-state index contributed by atoms with van der Waals surface area (Å²) in [6, 6.07) is 83.8. The third-order valence-electron chi connectivity index (χ3n) is 22.2. The molecule has 0 aliphatic heterocycles. The molecule has 4 saturated carbocycles. The molecule has 0 heterocycles. The highest BCUT2D eigenvalue weighted by Crippen LogP contribution is 2.71. The van der Waals surface area contributed by atoms with Crippen LogP contribution in [0.4, 0.5) is 17.1 Å². The van der Waals surface area contributed by atoms with E-state index in [1.165, 1.54) is 160 Å². The summed E-state index contributed by atoms with van der Waals surface area (Å²) in [5, 5.41) is 0. The molecule has 4 fully saturated rings. The smallest absolute Gasteiger partial charge is 0.0726 e. The molecular weight excluding hydrogens is 999 g/mol.